The van der Waals surface area contributed by atoms with Crippen LogP contribution in [0, 0.1) is 12.8 Å². The molecule has 0 bridgehead atoms. The topological polar surface area (TPSA) is 38.2 Å². The van der Waals surface area contributed by atoms with Crippen molar-refractivity contribution >= 4 is 27.4 Å². The molecule has 0 aromatic carbocycles. The molecule has 1 aliphatic carbocycles. The SMILES string of the molecule is COCCN(c1ncnc2sc(C)cc12)C1CCC(C)C1. The molecule has 0 spiro atoms. The number of aryl methyl sites for hydroxylation is 1. The third kappa shape index (κ3) is 3.04. The van der Waals surface area contributed by atoms with Gasteiger partial charge in [-0.25, -0.2) is 9.97 Å². The molecule has 1 saturated carbocycles. The minimum Gasteiger partial charge on any atom is -0.383 e. The fraction of sp³-hybridized carbons (Fsp3) is 0.625. The molecule has 0 radical (unpaired) electrons. The summed E-state index contributed by atoms with van der Waals surface area (Å²) in [5.41, 5.74) is 0. The van der Waals surface area contributed by atoms with E-state index in [2.05, 4.69) is 34.8 Å². The van der Waals surface area contributed by atoms with Crippen LogP contribution in [0.1, 0.15) is 31.1 Å². The Morgan fingerprint density at radius 3 is 2.95 bits per heavy atom. The summed E-state index contributed by atoms with van der Waals surface area (Å²) >= 11 is 1.74. The molecule has 3 rings (SSSR count). The second-order valence-corrected chi connectivity index (χ2v) is 7.27. The Kier molecular flexibility index (Phi) is 4.40. The standard InChI is InChI=1S/C16H23N3OS/c1-11-4-5-13(8-11)19(6-7-20-3)15-14-9-12(2)21-16(14)18-10-17-15/h9-11,13H,4-8H2,1-3H3. The zero-order chi connectivity index (χ0) is 14.8. The first-order valence-electron chi connectivity index (χ1n) is 7.65. The van der Waals surface area contributed by atoms with Crippen LogP contribution in [0.2, 0.25) is 0 Å². The summed E-state index contributed by atoms with van der Waals surface area (Å²) in [6, 6.07) is 2.79. The van der Waals surface area contributed by atoms with Crippen LogP contribution in [-0.2, 0) is 4.74 Å². The van der Waals surface area contributed by atoms with E-state index in [1.165, 1.54) is 29.5 Å². The predicted octanol–water partition coefficient (Wildman–Crippen LogP) is 3.64. The number of aromatic nitrogens is 2. The highest BCUT2D eigenvalue weighted by atomic mass is 32.1. The lowest BCUT2D eigenvalue weighted by atomic mass is 10.1. The molecule has 21 heavy (non-hydrogen) atoms. The molecule has 2 atom stereocenters. The van der Waals surface area contributed by atoms with Gasteiger partial charge in [0.15, 0.2) is 0 Å². The molecule has 2 unspecified atom stereocenters. The number of rotatable bonds is 5. The molecule has 0 amide bonds. The van der Waals surface area contributed by atoms with Crippen LogP contribution >= 0.6 is 11.3 Å². The van der Waals surface area contributed by atoms with Gasteiger partial charge in [0.2, 0.25) is 0 Å². The number of fused-ring (bicyclic) bond motifs is 1. The quantitative estimate of drug-likeness (QED) is 0.845. The molecule has 0 saturated heterocycles. The average molecular weight is 305 g/mol. The lowest BCUT2D eigenvalue weighted by molar-refractivity contribution is 0.203. The van der Waals surface area contributed by atoms with Crippen LogP contribution in [0.15, 0.2) is 12.4 Å². The van der Waals surface area contributed by atoms with Crippen molar-refractivity contribution < 1.29 is 4.74 Å². The average Bonchev–Trinajstić information content (AvgIpc) is 3.04. The largest absolute Gasteiger partial charge is 0.383 e. The first-order chi connectivity index (χ1) is 10.2. The molecule has 2 aromatic heterocycles. The third-order valence-corrected chi connectivity index (χ3v) is 5.31. The number of hydrogen-bond acceptors (Lipinski definition) is 5. The van der Waals surface area contributed by atoms with E-state index in [1.807, 2.05) is 0 Å². The molecule has 0 N–H and O–H groups in total. The summed E-state index contributed by atoms with van der Waals surface area (Å²) in [6.07, 6.45) is 5.51. The zero-order valence-electron chi connectivity index (χ0n) is 13.0. The lowest BCUT2D eigenvalue weighted by Crippen LogP contribution is -2.37. The maximum absolute atomic E-state index is 5.32. The van der Waals surface area contributed by atoms with Gasteiger partial charge in [0, 0.05) is 24.6 Å². The van der Waals surface area contributed by atoms with Gasteiger partial charge in [-0.2, -0.15) is 0 Å². The summed E-state index contributed by atoms with van der Waals surface area (Å²) in [5, 5.41) is 1.19. The number of methoxy groups -OCH3 is 1. The molecule has 4 nitrogen and oxygen atoms in total. The second-order valence-electron chi connectivity index (χ2n) is 6.03. The van der Waals surface area contributed by atoms with Gasteiger partial charge >= 0.3 is 0 Å². The molecule has 114 valence electrons. The Balaban J connectivity index is 1.97. The zero-order valence-corrected chi connectivity index (χ0v) is 13.8. The number of nitrogens with zero attached hydrogens (tertiary/aromatic N) is 3. The van der Waals surface area contributed by atoms with Gasteiger partial charge in [-0.05, 0) is 38.2 Å². The van der Waals surface area contributed by atoms with E-state index >= 15 is 0 Å². The molecule has 2 heterocycles. The number of thiophene rings is 1. The maximum atomic E-state index is 5.32. The number of anilines is 1. The summed E-state index contributed by atoms with van der Waals surface area (Å²) in [7, 11) is 1.76. The highest BCUT2D eigenvalue weighted by molar-refractivity contribution is 7.18. The Bertz CT molecular complexity index is 613. The van der Waals surface area contributed by atoms with Gasteiger partial charge in [-0.15, -0.1) is 11.3 Å². The monoisotopic (exact) mass is 305 g/mol. The van der Waals surface area contributed by atoms with Crippen LogP contribution < -0.4 is 4.90 Å². The Labute approximate surface area is 130 Å². The maximum Gasteiger partial charge on any atom is 0.141 e. The van der Waals surface area contributed by atoms with Crippen molar-refractivity contribution in [3.8, 4) is 0 Å². The van der Waals surface area contributed by atoms with Gasteiger partial charge in [-0.3, -0.25) is 0 Å². The molecule has 5 heteroatoms. The van der Waals surface area contributed by atoms with Gasteiger partial charge in [0.25, 0.3) is 0 Å². The van der Waals surface area contributed by atoms with Crippen molar-refractivity contribution in [3.05, 3.63) is 17.3 Å². The van der Waals surface area contributed by atoms with E-state index < -0.39 is 0 Å². The molecular weight excluding hydrogens is 282 g/mol. The Hall–Kier alpha value is -1.20. The van der Waals surface area contributed by atoms with Gasteiger partial charge in [0.1, 0.15) is 17.0 Å². The van der Waals surface area contributed by atoms with E-state index in [9.17, 15) is 0 Å². The van der Waals surface area contributed by atoms with Crippen LogP contribution in [0.25, 0.3) is 10.2 Å². The molecule has 2 aromatic rings. The normalized spacial score (nSPS) is 22.0. The molecule has 0 aliphatic heterocycles. The fourth-order valence-electron chi connectivity index (χ4n) is 3.30. The number of hydrogen-bond donors (Lipinski definition) is 0. The number of ether oxygens (including phenoxy) is 1. The van der Waals surface area contributed by atoms with Crippen LogP contribution in [0.3, 0.4) is 0 Å². The van der Waals surface area contributed by atoms with E-state index in [0.717, 1.165) is 29.7 Å². The minimum absolute atomic E-state index is 0.577. The summed E-state index contributed by atoms with van der Waals surface area (Å²) < 4.78 is 5.32. The van der Waals surface area contributed by atoms with Gasteiger partial charge in [-0.1, -0.05) is 6.92 Å². The van der Waals surface area contributed by atoms with E-state index in [-0.39, 0.29) is 0 Å². The summed E-state index contributed by atoms with van der Waals surface area (Å²) in [5.74, 6) is 1.89. The summed E-state index contributed by atoms with van der Waals surface area (Å²) in [4.78, 5) is 13.9. The fourth-order valence-corrected chi connectivity index (χ4v) is 4.15. The van der Waals surface area contributed by atoms with Crippen LogP contribution in [0.4, 0.5) is 5.82 Å². The van der Waals surface area contributed by atoms with Gasteiger partial charge < -0.3 is 9.64 Å². The molecule has 1 aliphatic rings. The van der Waals surface area contributed by atoms with Crippen molar-refractivity contribution in [3.63, 3.8) is 0 Å². The minimum atomic E-state index is 0.577. The predicted molar refractivity (Wildman–Crippen MR) is 88.2 cm³/mol. The van der Waals surface area contributed by atoms with E-state index in [1.54, 1.807) is 24.8 Å². The van der Waals surface area contributed by atoms with Crippen molar-refractivity contribution in [2.24, 2.45) is 5.92 Å². The van der Waals surface area contributed by atoms with E-state index in [0.29, 0.717) is 6.04 Å². The van der Waals surface area contributed by atoms with Crippen LogP contribution in [-0.4, -0.2) is 36.3 Å². The first-order valence-corrected chi connectivity index (χ1v) is 8.47. The van der Waals surface area contributed by atoms with Crippen molar-refractivity contribution in [1.82, 2.24) is 9.97 Å². The Morgan fingerprint density at radius 1 is 1.38 bits per heavy atom. The Morgan fingerprint density at radius 2 is 2.24 bits per heavy atom. The lowest BCUT2D eigenvalue weighted by Gasteiger charge is -2.30. The molecular formula is C16H23N3OS. The van der Waals surface area contributed by atoms with Crippen molar-refractivity contribution in [2.45, 2.75) is 39.2 Å². The highest BCUT2D eigenvalue weighted by Crippen LogP contribution is 2.35. The van der Waals surface area contributed by atoms with Crippen LogP contribution in [0.5, 0.6) is 0 Å². The van der Waals surface area contributed by atoms with Crippen molar-refractivity contribution in [2.75, 3.05) is 25.2 Å². The highest BCUT2D eigenvalue weighted by Gasteiger charge is 2.28. The summed E-state index contributed by atoms with van der Waals surface area (Å²) in [6.45, 7) is 6.11. The molecule has 1 fully saturated rings. The first kappa shape index (κ1) is 14.7. The smallest absolute Gasteiger partial charge is 0.141 e. The third-order valence-electron chi connectivity index (χ3n) is 4.35. The van der Waals surface area contributed by atoms with Crippen molar-refractivity contribution in [1.29, 1.82) is 0 Å². The van der Waals surface area contributed by atoms with E-state index in [4.69, 9.17) is 4.74 Å². The second kappa shape index (κ2) is 6.28. The van der Waals surface area contributed by atoms with Gasteiger partial charge in [0.05, 0.1) is 12.0 Å².